The summed E-state index contributed by atoms with van der Waals surface area (Å²) in [6.45, 7) is 9.13. The van der Waals surface area contributed by atoms with Crippen LogP contribution < -0.4 is 5.73 Å². The molecule has 100 valence electrons. The number of pyridine rings is 1. The van der Waals surface area contributed by atoms with Gasteiger partial charge in [-0.2, -0.15) is 0 Å². The van der Waals surface area contributed by atoms with Crippen LogP contribution >= 0.6 is 0 Å². The molecule has 1 aromatic rings. The molecule has 1 aromatic heterocycles. The first-order valence-electron chi connectivity index (χ1n) is 6.93. The van der Waals surface area contributed by atoms with Crippen molar-refractivity contribution < 1.29 is 0 Å². The Morgan fingerprint density at radius 1 is 1.39 bits per heavy atom. The summed E-state index contributed by atoms with van der Waals surface area (Å²) in [6.07, 6.45) is 5.99. The smallest absolute Gasteiger partial charge is 0.0500 e. The van der Waals surface area contributed by atoms with E-state index in [1.807, 2.05) is 12.4 Å². The third kappa shape index (κ3) is 2.90. The molecule has 1 fully saturated rings. The molecule has 0 radical (unpaired) electrons. The summed E-state index contributed by atoms with van der Waals surface area (Å²) < 4.78 is 0. The molecule has 1 aliphatic rings. The Hall–Kier alpha value is -0.930. The molecule has 2 atom stereocenters. The molecule has 18 heavy (non-hydrogen) atoms. The van der Waals surface area contributed by atoms with Gasteiger partial charge in [-0.1, -0.05) is 20.8 Å². The van der Waals surface area contributed by atoms with Gasteiger partial charge in [0.2, 0.25) is 0 Å². The third-order valence-corrected chi connectivity index (χ3v) is 4.02. The lowest BCUT2D eigenvalue weighted by atomic mass is 9.92. The monoisotopic (exact) mass is 247 g/mol. The van der Waals surface area contributed by atoms with Crippen LogP contribution in [-0.2, 0) is 0 Å². The number of nitrogens with two attached hydrogens (primary N) is 1. The van der Waals surface area contributed by atoms with Crippen LogP contribution in [0.2, 0.25) is 0 Å². The van der Waals surface area contributed by atoms with Crippen LogP contribution in [0.1, 0.15) is 45.2 Å². The molecule has 1 aliphatic heterocycles. The summed E-state index contributed by atoms with van der Waals surface area (Å²) in [7, 11) is 0. The van der Waals surface area contributed by atoms with E-state index in [0.29, 0.717) is 11.5 Å². The fourth-order valence-corrected chi connectivity index (χ4v) is 2.90. The van der Waals surface area contributed by atoms with E-state index in [-0.39, 0.29) is 6.04 Å². The van der Waals surface area contributed by atoms with E-state index in [9.17, 15) is 0 Å². The molecule has 2 rings (SSSR count). The van der Waals surface area contributed by atoms with Gasteiger partial charge >= 0.3 is 0 Å². The predicted octanol–water partition coefficient (Wildman–Crippen LogP) is 2.59. The van der Waals surface area contributed by atoms with Gasteiger partial charge < -0.3 is 5.73 Å². The van der Waals surface area contributed by atoms with Gasteiger partial charge in [0, 0.05) is 31.0 Å². The minimum Gasteiger partial charge on any atom is -0.326 e. The topological polar surface area (TPSA) is 42.1 Å². The molecule has 0 bridgehead atoms. The maximum Gasteiger partial charge on any atom is 0.0500 e. The van der Waals surface area contributed by atoms with Gasteiger partial charge in [-0.05, 0) is 42.5 Å². The molecule has 2 heterocycles. The number of likely N-dealkylation sites (tertiary alicyclic amines) is 1. The Balaban J connectivity index is 2.22. The maximum atomic E-state index is 6.36. The summed E-state index contributed by atoms with van der Waals surface area (Å²) in [4.78, 5) is 6.65. The van der Waals surface area contributed by atoms with Crippen LogP contribution in [0, 0.1) is 5.41 Å². The van der Waals surface area contributed by atoms with Crippen LogP contribution in [0.5, 0.6) is 0 Å². The average Bonchev–Trinajstić information content (AvgIpc) is 2.71. The second-order valence-electron chi connectivity index (χ2n) is 6.18. The van der Waals surface area contributed by atoms with Gasteiger partial charge in [-0.3, -0.25) is 9.88 Å². The van der Waals surface area contributed by atoms with E-state index in [1.54, 1.807) is 0 Å². The van der Waals surface area contributed by atoms with Gasteiger partial charge in [0.15, 0.2) is 0 Å². The van der Waals surface area contributed by atoms with Crippen molar-refractivity contribution in [3.05, 3.63) is 30.1 Å². The van der Waals surface area contributed by atoms with Crippen molar-refractivity contribution in [2.75, 3.05) is 13.1 Å². The van der Waals surface area contributed by atoms with Gasteiger partial charge in [0.25, 0.3) is 0 Å². The molecule has 2 unspecified atom stereocenters. The largest absolute Gasteiger partial charge is 0.326 e. The fourth-order valence-electron chi connectivity index (χ4n) is 2.90. The molecule has 0 aromatic carbocycles. The second-order valence-corrected chi connectivity index (χ2v) is 6.18. The molecule has 0 spiro atoms. The summed E-state index contributed by atoms with van der Waals surface area (Å²) in [6, 6.07) is 4.73. The highest BCUT2D eigenvalue weighted by molar-refractivity contribution is 5.18. The van der Waals surface area contributed by atoms with Crippen molar-refractivity contribution >= 4 is 0 Å². The van der Waals surface area contributed by atoms with E-state index in [0.717, 1.165) is 19.5 Å². The lowest BCUT2D eigenvalue weighted by Gasteiger charge is -2.33. The minimum atomic E-state index is 0.196. The lowest BCUT2D eigenvalue weighted by Crippen LogP contribution is -2.40. The number of hydrogen-bond donors (Lipinski definition) is 1. The lowest BCUT2D eigenvalue weighted by molar-refractivity contribution is 0.189. The quantitative estimate of drug-likeness (QED) is 0.889. The van der Waals surface area contributed by atoms with Crippen LogP contribution in [0.3, 0.4) is 0 Å². The molecule has 3 heteroatoms. The Bertz CT molecular complexity index is 375. The number of hydrogen-bond acceptors (Lipinski definition) is 3. The van der Waals surface area contributed by atoms with Gasteiger partial charge in [0.05, 0.1) is 0 Å². The van der Waals surface area contributed by atoms with Crippen molar-refractivity contribution in [3.8, 4) is 0 Å². The summed E-state index contributed by atoms with van der Waals surface area (Å²) in [5.41, 5.74) is 8.07. The Morgan fingerprint density at radius 2 is 2.06 bits per heavy atom. The van der Waals surface area contributed by atoms with Gasteiger partial charge in [-0.15, -0.1) is 0 Å². The third-order valence-electron chi connectivity index (χ3n) is 4.02. The zero-order valence-electron chi connectivity index (χ0n) is 11.8. The molecule has 0 aliphatic carbocycles. The first kappa shape index (κ1) is 13.5. The van der Waals surface area contributed by atoms with Crippen LogP contribution in [0.15, 0.2) is 24.5 Å². The predicted molar refractivity (Wildman–Crippen MR) is 75.2 cm³/mol. The van der Waals surface area contributed by atoms with E-state index in [1.165, 1.54) is 12.0 Å². The minimum absolute atomic E-state index is 0.196. The molecular formula is C15H25N3. The van der Waals surface area contributed by atoms with Crippen molar-refractivity contribution in [2.45, 2.75) is 45.7 Å². The highest BCUT2D eigenvalue weighted by Gasteiger charge is 2.35. The normalized spacial score (nSPS) is 22.9. The Labute approximate surface area is 110 Å². The molecular weight excluding hydrogens is 222 g/mol. The van der Waals surface area contributed by atoms with Crippen molar-refractivity contribution in [2.24, 2.45) is 11.1 Å². The van der Waals surface area contributed by atoms with Crippen molar-refractivity contribution in [3.63, 3.8) is 0 Å². The number of rotatable bonds is 4. The summed E-state index contributed by atoms with van der Waals surface area (Å²) in [5.74, 6) is 0. The fraction of sp³-hybridized carbons (Fsp3) is 0.667. The van der Waals surface area contributed by atoms with Crippen LogP contribution in [-0.4, -0.2) is 29.0 Å². The van der Waals surface area contributed by atoms with E-state index in [2.05, 4.69) is 42.8 Å². The van der Waals surface area contributed by atoms with E-state index >= 15 is 0 Å². The molecule has 0 saturated carbocycles. The first-order chi connectivity index (χ1) is 8.53. The highest BCUT2D eigenvalue weighted by Crippen LogP contribution is 2.36. The first-order valence-corrected chi connectivity index (χ1v) is 6.93. The SMILES string of the molecule is CCC(N)C(c1ccncc1)N1CCC(C)(C)C1. The second kappa shape index (κ2) is 5.37. The Kier molecular flexibility index (Phi) is 4.03. The number of nitrogens with zero attached hydrogens (tertiary/aromatic N) is 2. The summed E-state index contributed by atoms with van der Waals surface area (Å²) in [5, 5.41) is 0. The highest BCUT2D eigenvalue weighted by atomic mass is 15.2. The van der Waals surface area contributed by atoms with Gasteiger partial charge in [-0.25, -0.2) is 0 Å². The van der Waals surface area contributed by atoms with Gasteiger partial charge in [0.1, 0.15) is 0 Å². The zero-order valence-corrected chi connectivity index (χ0v) is 11.8. The Morgan fingerprint density at radius 3 is 2.56 bits per heavy atom. The van der Waals surface area contributed by atoms with Crippen LogP contribution in [0.25, 0.3) is 0 Å². The molecule has 1 saturated heterocycles. The van der Waals surface area contributed by atoms with E-state index < -0.39 is 0 Å². The average molecular weight is 247 g/mol. The van der Waals surface area contributed by atoms with Crippen LogP contribution in [0.4, 0.5) is 0 Å². The summed E-state index contributed by atoms with van der Waals surface area (Å²) >= 11 is 0. The molecule has 0 amide bonds. The molecule has 2 N–H and O–H groups in total. The van der Waals surface area contributed by atoms with E-state index in [4.69, 9.17) is 5.73 Å². The van der Waals surface area contributed by atoms with Crippen molar-refractivity contribution in [1.29, 1.82) is 0 Å². The van der Waals surface area contributed by atoms with Crippen molar-refractivity contribution in [1.82, 2.24) is 9.88 Å². The number of aromatic nitrogens is 1. The standard InChI is InChI=1S/C15H25N3/c1-4-13(16)14(12-5-8-17-9-6-12)18-10-7-15(2,3)11-18/h5-6,8-9,13-14H,4,7,10-11,16H2,1-3H3. The zero-order chi connectivity index (χ0) is 13.2. The molecule has 3 nitrogen and oxygen atoms in total. The maximum absolute atomic E-state index is 6.36.